The number of nitrogen functional groups attached to an aromatic ring is 1. The summed E-state index contributed by atoms with van der Waals surface area (Å²) in [6.45, 7) is 1.50. The van der Waals surface area contributed by atoms with Gasteiger partial charge in [-0.2, -0.15) is 4.98 Å². The summed E-state index contributed by atoms with van der Waals surface area (Å²) < 4.78 is 1.76. The van der Waals surface area contributed by atoms with Gasteiger partial charge in [0.15, 0.2) is 5.82 Å². The number of nitrogens with one attached hydrogen (secondary N) is 1. The first kappa shape index (κ1) is 11.6. The molecule has 0 bridgehead atoms. The molecule has 17 heavy (non-hydrogen) atoms. The lowest BCUT2D eigenvalue weighted by Crippen LogP contribution is -2.10. The number of nitrogens with two attached hydrogens (primary N) is 1. The van der Waals surface area contributed by atoms with Crippen LogP contribution in [0.25, 0.3) is 0 Å². The molecule has 2 aromatic heterocycles. The molecule has 0 aliphatic rings. The van der Waals surface area contributed by atoms with Crippen molar-refractivity contribution in [3.05, 3.63) is 23.9 Å². The van der Waals surface area contributed by atoms with Crippen molar-refractivity contribution < 1.29 is 0 Å². The van der Waals surface area contributed by atoms with Gasteiger partial charge in [-0.1, -0.05) is 5.21 Å². The number of nitrogens with zero attached hydrogens (tertiary/aromatic N) is 5. The summed E-state index contributed by atoms with van der Waals surface area (Å²) in [6.07, 6.45) is 5.82. The Kier molecular flexibility index (Phi) is 3.71. The van der Waals surface area contributed by atoms with Crippen LogP contribution in [0.5, 0.6) is 0 Å². The molecule has 0 spiro atoms. The Hall–Kier alpha value is -1.89. The minimum Gasteiger partial charge on any atom is -0.394 e. The number of hydrogen-bond donors (Lipinski definition) is 2. The van der Waals surface area contributed by atoms with Gasteiger partial charge in [-0.15, -0.1) is 5.10 Å². The first-order chi connectivity index (χ1) is 8.25. The number of hydrogen-bond acceptors (Lipinski definition) is 6. The van der Waals surface area contributed by atoms with Crippen molar-refractivity contribution in [2.24, 2.45) is 0 Å². The third-order valence-electron chi connectivity index (χ3n) is 2.12. The summed E-state index contributed by atoms with van der Waals surface area (Å²) in [4.78, 5) is 7.77. The fourth-order valence-electron chi connectivity index (χ4n) is 1.31. The van der Waals surface area contributed by atoms with Crippen LogP contribution in [0, 0.1) is 0 Å². The van der Waals surface area contributed by atoms with Crippen LogP contribution in [-0.4, -0.2) is 31.5 Å². The zero-order valence-corrected chi connectivity index (χ0v) is 9.80. The van der Waals surface area contributed by atoms with Gasteiger partial charge in [-0.05, 0) is 18.0 Å². The van der Waals surface area contributed by atoms with Gasteiger partial charge in [0.2, 0.25) is 5.28 Å². The van der Waals surface area contributed by atoms with Crippen molar-refractivity contribution >= 4 is 23.1 Å². The van der Waals surface area contributed by atoms with Gasteiger partial charge in [0.25, 0.3) is 0 Å². The van der Waals surface area contributed by atoms with Gasteiger partial charge in [-0.25, -0.2) is 4.98 Å². The van der Waals surface area contributed by atoms with Crippen LogP contribution in [-0.2, 0) is 6.54 Å². The second kappa shape index (κ2) is 5.44. The predicted octanol–water partition coefficient (Wildman–Crippen LogP) is 0.806. The number of rotatable bonds is 5. The summed E-state index contributed by atoms with van der Waals surface area (Å²) in [6, 6.07) is 0. The number of aromatic nitrogens is 5. The molecule has 0 fully saturated rings. The summed E-state index contributed by atoms with van der Waals surface area (Å²) >= 11 is 5.67. The van der Waals surface area contributed by atoms with Gasteiger partial charge in [0.05, 0.1) is 18.1 Å². The SMILES string of the molecule is Nc1cnc(Cl)nc1NCCCn1ccnn1. The fourth-order valence-corrected chi connectivity index (χ4v) is 1.44. The molecular weight excluding hydrogens is 242 g/mol. The third kappa shape index (κ3) is 3.28. The zero-order valence-electron chi connectivity index (χ0n) is 9.04. The highest BCUT2D eigenvalue weighted by molar-refractivity contribution is 6.28. The minimum atomic E-state index is 0.179. The van der Waals surface area contributed by atoms with Gasteiger partial charge >= 0.3 is 0 Å². The summed E-state index contributed by atoms with van der Waals surface area (Å²) in [7, 11) is 0. The third-order valence-corrected chi connectivity index (χ3v) is 2.30. The molecule has 7 nitrogen and oxygen atoms in total. The van der Waals surface area contributed by atoms with E-state index in [-0.39, 0.29) is 5.28 Å². The minimum absolute atomic E-state index is 0.179. The molecule has 0 saturated carbocycles. The van der Waals surface area contributed by atoms with Crippen molar-refractivity contribution in [3.8, 4) is 0 Å². The maximum atomic E-state index is 5.69. The van der Waals surface area contributed by atoms with Crippen LogP contribution in [0.1, 0.15) is 6.42 Å². The van der Waals surface area contributed by atoms with Crippen LogP contribution >= 0.6 is 11.6 Å². The Morgan fingerprint density at radius 3 is 3.12 bits per heavy atom. The zero-order chi connectivity index (χ0) is 12.1. The highest BCUT2D eigenvalue weighted by atomic mass is 35.5. The van der Waals surface area contributed by atoms with E-state index in [1.165, 1.54) is 6.20 Å². The van der Waals surface area contributed by atoms with E-state index >= 15 is 0 Å². The topological polar surface area (TPSA) is 94.5 Å². The number of halogens is 1. The normalized spacial score (nSPS) is 10.4. The van der Waals surface area contributed by atoms with Crippen LogP contribution in [0.4, 0.5) is 11.5 Å². The molecule has 90 valence electrons. The quantitative estimate of drug-likeness (QED) is 0.605. The van der Waals surface area contributed by atoms with Crippen molar-refractivity contribution in [1.82, 2.24) is 25.0 Å². The monoisotopic (exact) mass is 253 g/mol. The molecule has 3 N–H and O–H groups in total. The Morgan fingerprint density at radius 1 is 1.47 bits per heavy atom. The molecule has 0 atom stereocenters. The van der Waals surface area contributed by atoms with Crippen molar-refractivity contribution in [2.75, 3.05) is 17.6 Å². The molecule has 2 heterocycles. The predicted molar refractivity (Wildman–Crippen MR) is 64.6 cm³/mol. The molecule has 0 aromatic carbocycles. The van der Waals surface area contributed by atoms with E-state index in [4.69, 9.17) is 17.3 Å². The van der Waals surface area contributed by atoms with Gasteiger partial charge in [0, 0.05) is 19.3 Å². The first-order valence-electron chi connectivity index (χ1n) is 5.11. The van der Waals surface area contributed by atoms with Crippen LogP contribution in [0.15, 0.2) is 18.6 Å². The van der Waals surface area contributed by atoms with E-state index in [9.17, 15) is 0 Å². The Balaban J connectivity index is 1.80. The van der Waals surface area contributed by atoms with Crippen LogP contribution in [0.2, 0.25) is 5.28 Å². The standard InChI is InChI=1S/C9H12ClN7/c10-9-13-6-7(11)8(15-9)12-2-1-4-17-5-3-14-16-17/h3,5-6H,1-2,4,11H2,(H,12,13,15). The Labute approximate surface area is 103 Å². The van der Waals surface area contributed by atoms with E-state index in [2.05, 4.69) is 25.6 Å². The highest BCUT2D eigenvalue weighted by Gasteiger charge is 2.02. The van der Waals surface area contributed by atoms with Crippen molar-refractivity contribution in [2.45, 2.75) is 13.0 Å². The Bertz CT molecular complexity index is 470. The second-order valence-corrected chi connectivity index (χ2v) is 3.73. The van der Waals surface area contributed by atoms with Gasteiger partial charge in [0.1, 0.15) is 0 Å². The molecule has 8 heteroatoms. The van der Waals surface area contributed by atoms with E-state index in [1.54, 1.807) is 10.9 Å². The van der Waals surface area contributed by atoms with E-state index in [0.29, 0.717) is 11.5 Å². The Morgan fingerprint density at radius 2 is 2.35 bits per heavy atom. The van der Waals surface area contributed by atoms with Gasteiger partial charge < -0.3 is 11.1 Å². The van der Waals surface area contributed by atoms with Gasteiger partial charge in [-0.3, -0.25) is 4.68 Å². The first-order valence-corrected chi connectivity index (χ1v) is 5.49. The maximum absolute atomic E-state index is 5.69. The summed E-state index contributed by atoms with van der Waals surface area (Å²) in [5.74, 6) is 0.559. The average Bonchev–Trinajstić information content (AvgIpc) is 2.82. The second-order valence-electron chi connectivity index (χ2n) is 3.39. The molecule has 0 saturated heterocycles. The smallest absolute Gasteiger partial charge is 0.224 e. The lowest BCUT2D eigenvalue weighted by atomic mass is 10.4. The summed E-state index contributed by atoms with van der Waals surface area (Å²) in [5.41, 5.74) is 6.17. The molecular formula is C9H12ClN7. The lowest BCUT2D eigenvalue weighted by molar-refractivity contribution is 0.569. The number of anilines is 2. The summed E-state index contributed by atoms with van der Waals surface area (Å²) in [5, 5.41) is 10.9. The molecule has 0 aliphatic carbocycles. The highest BCUT2D eigenvalue weighted by Crippen LogP contribution is 2.15. The van der Waals surface area contributed by atoms with E-state index < -0.39 is 0 Å². The maximum Gasteiger partial charge on any atom is 0.224 e. The fraction of sp³-hybridized carbons (Fsp3) is 0.333. The molecule has 0 radical (unpaired) electrons. The van der Waals surface area contributed by atoms with Crippen LogP contribution in [0.3, 0.4) is 0 Å². The number of aryl methyl sites for hydroxylation is 1. The molecule has 0 aliphatic heterocycles. The lowest BCUT2D eigenvalue weighted by Gasteiger charge is -2.07. The van der Waals surface area contributed by atoms with Crippen molar-refractivity contribution in [1.29, 1.82) is 0 Å². The molecule has 0 amide bonds. The largest absolute Gasteiger partial charge is 0.394 e. The molecule has 0 unspecified atom stereocenters. The van der Waals surface area contributed by atoms with E-state index in [0.717, 1.165) is 19.5 Å². The average molecular weight is 254 g/mol. The van der Waals surface area contributed by atoms with E-state index in [1.807, 2.05) is 6.20 Å². The molecule has 2 rings (SSSR count). The molecule has 2 aromatic rings. The van der Waals surface area contributed by atoms with Crippen LogP contribution < -0.4 is 11.1 Å². The van der Waals surface area contributed by atoms with Crippen molar-refractivity contribution in [3.63, 3.8) is 0 Å².